The zero-order valence-electron chi connectivity index (χ0n) is 10.4. The normalized spacial score (nSPS) is 13.1. The number of halogens is 2. The summed E-state index contributed by atoms with van der Waals surface area (Å²) in [5, 5.41) is 7.65. The van der Waals surface area contributed by atoms with E-state index >= 15 is 0 Å². The van der Waals surface area contributed by atoms with Crippen molar-refractivity contribution in [3.63, 3.8) is 0 Å². The van der Waals surface area contributed by atoms with Crippen molar-refractivity contribution in [3.05, 3.63) is 27.7 Å². The Kier molecular flexibility index (Phi) is 5.20. The van der Waals surface area contributed by atoms with Gasteiger partial charge in [0.15, 0.2) is 0 Å². The predicted octanol–water partition coefficient (Wildman–Crippen LogP) is 2.17. The molecule has 19 heavy (non-hydrogen) atoms. The van der Waals surface area contributed by atoms with Gasteiger partial charge in [-0.15, -0.1) is 0 Å². The van der Waals surface area contributed by atoms with Crippen molar-refractivity contribution in [2.24, 2.45) is 5.14 Å². The SMILES string of the molecule is CC[C@@H](C)NC(=O)c1cc(S(N)(=O)=O)c(Cl)cc1Cl. The number of nitrogens with two attached hydrogens (primary N) is 1. The van der Waals surface area contributed by atoms with E-state index in [1.54, 1.807) is 0 Å². The quantitative estimate of drug-likeness (QED) is 0.889. The van der Waals surface area contributed by atoms with Gasteiger partial charge in [0.1, 0.15) is 4.90 Å². The lowest BCUT2D eigenvalue weighted by molar-refractivity contribution is 0.0939. The molecule has 5 nitrogen and oxygen atoms in total. The summed E-state index contributed by atoms with van der Waals surface area (Å²) in [6.45, 7) is 3.73. The van der Waals surface area contributed by atoms with Crippen LogP contribution in [0.3, 0.4) is 0 Å². The van der Waals surface area contributed by atoms with E-state index in [4.69, 9.17) is 28.3 Å². The second-order valence-electron chi connectivity index (χ2n) is 4.09. The van der Waals surface area contributed by atoms with Crippen molar-refractivity contribution in [1.29, 1.82) is 0 Å². The number of nitrogens with one attached hydrogen (secondary N) is 1. The minimum Gasteiger partial charge on any atom is -0.350 e. The summed E-state index contributed by atoms with van der Waals surface area (Å²) < 4.78 is 22.7. The number of benzene rings is 1. The van der Waals surface area contributed by atoms with Gasteiger partial charge < -0.3 is 5.32 Å². The molecule has 0 aliphatic rings. The minimum atomic E-state index is -4.01. The Morgan fingerprint density at radius 2 is 1.95 bits per heavy atom. The van der Waals surface area contributed by atoms with Gasteiger partial charge in [-0.25, -0.2) is 13.6 Å². The van der Waals surface area contributed by atoms with Crippen molar-refractivity contribution in [2.75, 3.05) is 0 Å². The van der Waals surface area contributed by atoms with Gasteiger partial charge in [0.2, 0.25) is 10.0 Å². The summed E-state index contributed by atoms with van der Waals surface area (Å²) in [6, 6.07) is 2.21. The Morgan fingerprint density at radius 1 is 1.37 bits per heavy atom. The fourth-order valence-electron chi connectivity index (χ4n) is 1.32. The first-order chi connectivity index (χ1) is 8.66. The molecular weight excluding hydrogens is 311 g/mol. The first kappa shape index (κ1) is 16.2. The Hall–Kier alpha value is -0.820. The summed E-state index contributed by atoms with van der Waals surface area (Å²) in [5.74, 6) is -0.471. The third kappa shape index (κ3) is 4.07. The molecule has 0 unspecified atom stereocenters. The van der Waals surface area contributed by atoms with Gasteiger partial charge in [0, 0.05) is 6.04 Å². The zero-order valence-corrected chi connectivity index (χ0v) is 12.7. The molecule has 0 radical (unpaired) electrons. The highest BCUT2D eigenvalue weighted by Crippen LogP contribution is 2.28. The average Bonchev–Trinajstić information content (AvgIpc) is 2.26. The molecule has 8 heteroatoms. The maximum absolute atomic E-state index is 12.0. The fraction of sp³-hybridized carbons (Fsp3) is 0.364. The van der Waals surface area contributed by atoms with Crippen LogP contribution in [0.4, 0.5) is 0 Å². The topological polar surface area (TPSA) is 89.3 Å². The number of sulfonamides is 1. The molecule has 0 aliphatic heterocycles. The number of hydrogen-bond donors (Lipinski definition) is 2. The molecule has 1 amide bonds. The van der Waals surface area contributed by atoms with Gasteiger partial charge in [-0.1, -0.05) is 30.1 Å². The van der Waals surface area contributed by atoms with Crippen LogP contribution in [0.2, 0.25) is 10.0 Å². The second-order valence-corrected chi connectivity index (χ2v) is 6.43. The molecule has 0 bridgehead atoms. The van der Waals surface area contributed by atoms with Crippen LogP contribution >= 0.6 is 23.2 Å². The van der Waals surface area contributed by atoms with E-state index in [2.05, 4.69) is 5.32 Å². The fourth-order valence-corrected chi connectivity index (χ4v) is 2.73. The molecule has 0 fully saturated rings. The first-order valence-corrected chi connectivity index (χ1v) is 7.79. The number of carbonyl (C=O) groups excluding carboxylic acids is 1. The Morgan fingerprint density at radius 3 is 2.42 bits per heavy atom. The van der Waals surface area contributed by atoms with Crippen molar-refractivity contribution in [1.82, 2.24) is 5.32 Å². The van der Waals surface area contributed by atoms with E-state index in [0.29, 0.717) is 0 Å². The molecule has 0 saturated carbocycles. The van der Waals surface area contributed by atoms with E-state index in [-0.39, 0.29) is 26.5 Å². The maximum atomic E-state index is 12.0. The summed E-state index contributed by atoms with van der Waals surface area (Å²) in [4.78, 5) is 11.6. The number of hydrogen-bond acceptors (Lipinski definition) is 3. The largest absolute Gasteiger partial charge is 0.350 e. The van der Waals surface area contributed by atoms with Gasteiger partial charge in [0.25, 0.3) is 5.91 Å². The summed E-state index contributed by atoms with van der Waals surface area (Å²) >= 11 is 11.6. The summed E-state index contributed by atoms with van der Waals surface area (Å²) in [7, 11) is -4.01. The third-order valence-corrected chi connectivity index (χ3v) is 4.25. The lowest BCUT2D eigenvalue weighted by Gasteiger charge is -2.13. The lowest BCUT2D eigenvalue weighted by atomic mass is 10.2. The second kappa shape index (κ2) is 6.09. The number of carbonyl (C=O) groups is 1. The summed E-state index contributed by atoms with van der Waals surface area (Å²) in [6.07, 6.45) is 0.735. The van der Waals surface area contributed by atoms with Gasteiger partial charge in [-0.3, -0.25) is 4.79 Å². The van der Waals surface area contributed by atoms with E-state index in [1.165, 1.54) is 6.07 Å². The maximum Gasteiger partial charge on any atom is 0.253 e. The predicted molar refractivity (Wildman–Crippen MR) is 75.1 cm³/mol. The van der Waals surface area contributed by atoms with Crippen LogP contribution in [0.5, 0.6) is 0 Å². The molecular formula is C11H14Cl2N2O3S. The smallest absolute Gasteiger partial charge is 0.253 e. The van der Waals surface area contributed by atoms with Crippen molar-refractivity contribution < 1.29 is 13.2 Å². The van der Waals surface area contributed by atoms with Crippen LogP contribution < -0.4 is 10.5 Å². The van der Waals surface area contributed by atoms with Crippen molar-refractivity contribution >= 4 is 39.1 Å². The zero-order chi connectivity index (χ0) is 14.8. The van der Waals surface area contributed by atoms with Crippen LogP contribution in [-0.4, -0.2) is 20.4 Å². The molecule has 1 atom stereocenters. The molecule has 0 saturated heterocycles. The highest BCUT2D eigenvalue weighted by Gasteiger charge is 2.20. The van der Waals surface area contributed by atoms with Crippen LogP contribution in [0, 0.1) is 0 Å². The third-order valence-electron chi connectivity index (χ3n) is 2.56. The molecule has 1 rings (SSSR count). The van der Waals surface area contributed by atoms with Crippen molar-refractivity contribution in [2.45, 2.75) is 31.2 Å². The highest BCUT2D eigenvalue weighted by molar-refractivity contribution is 7.89. The molecule has 106 valence electrons. The van der Waals surface area contributed by atoms with Crippen LogP contribution in [0.25, 0.3) is 0 Å². The number of primary sulfonamides is 1. The van der Waals surface area contributed by atoms with E-state index in [9.17, 15) is 13.2 Å². The van der Waals surface area contributed by atoms with Gasteiger partial charge in [-0.05, 0) is 25.5 Å². The molecule has 3 N–H and O–H groups in total. The first-order valence-electron chi connectivity index (χ1n) is 5.49. The summed E-state index contributed by atoms with van der Waals surface area (Å²) in [5.41, 5.74) is 0.0235. The molecule has 1 aromatic carbocycles. The highest BCUT2D eigenvalue weighted by atomic mass is 35.5. The van der Waals surface area contributed by atoms with Crippen LogP contribution in [0.1, 0.15) is 30.6 Å². The standard InChI is InChI=1S/C11H14Cl2N2O3S/c1-3-6(2)15-11(16)7-4-10(19(14,17)18)9(13)5-8(7)12/h4-6H,3H2,1-2H3,(H,15,16)(H2,14,17,18)/t6-/m1/s1. The monoisotopic (exact) mass is 324 g/mol. The average molecular weight is 325 g/mol. The van der Waals surface area contributed by atoms with Crippen molar-refractivity contribution in [3.8, 4) is 0 Å². The van der Waals surface area contributed by atoms with E-state index in [0.717, 1.165) is 12.5 Å². The Balaban J connectivity index is 3.26. The minimum absolute atomic E-state index is 0.0235. The van der Waals surface area contributed by atoms with Crippen LogP contribution in [-0.2, 0) is 10.0 Å². The van der Waals surface area contributed by atoms with E-state index < -0.39 is 15.9 Å². The Bertz CT molecular complexity index is 602. The molecule has 1 aromatic rings. The number of amides is 1. The number of rotatable bonds is 4. The van der Waals surface area contributed by atoms with Crippen LogP contribution in [0.15, 0.2) is 17.0 Å². The molecule has 0 spiro atoms. The van der Waals surface area contributed by atoms with Gasteiger partial charge in [0.05, 0.1) is 15.6 Å². The van der Waals surface area contributed by atoms with Gasteiger partial charge in [-0.2, -0.15) is 0 Å². The molecule has 0 aromatic heterocycles. The molecule has 0 aliphatic carbocycles. The van der Waals surface area contributed by atoms with Gasteiger partial charge >= 0.3 is 0 Å². The Labute approximate surface area is 122 Å². The van der Waals surface area contributed by atoms with E-state index in [1.807, 2.05) is 13.8 Å². The lowest BCUT2D eigenvalue weighted by Crippen LogP contribution is -2.32. The molecule has 0 heterocycles.